The van der Waals surface area contributed by atoms with E-state index in [0.29, 0.717) is 16.9 Å². The molecular formula is C29H33NO5S. The number of carboxylic acids is 2. The molecule has 0 radical (unpaired) electrons. The summed E-state index contributed by atoms with van der Waals surface area (Å²) in [6.07, 6.45) is 8.62. The second-order valence-electron chi connectivity index (χ2n) is 8.80. The van der Waals surface area contributed by atoms with Gasteiger partial charge >= 0.3 is 11.9 Å². The predicted octanol–water partition coefficient (Wildman–Crippen LogP) is 6.18. The normalized spacial score (nSPS) is 12.7. The van der Waals surface area contributed by atoms with Crippen molar-refractivity contribution in [2.24, 2.45) is 0 Å². The van der Waals surface area contributed by atoms with Crippen LogP contribution in [0.5, 0.6) is 0 Å². The Morgan fingerprint density at radius 2 is 1.42 bits per heavy atom. The fourth-order valence-corrected chi connectivity index (χ4v) is 5.32. The molecule has 3 N–H and O–H groups in total. The molecule has 0 amide bonds. The Hall–Kier alpha value is -3.16. The number of unbranched alkanes of at least 4 members (excludes halogenated alkanes) is 5. The maximum Gasteiger partial charge on any atom is 0.335 e. The number of carboxylic acid groups (broad SMARTS) is 2. The van der Waals surface area contributed by atoms with Crippen LogP contribution in [-0.4, -0.2) is 38.3 Å². The summed E-state index contributed by atoms with van der Waals surface area (Å²) in [6, 6.07) is 20.3. The summed E-state index contributed by atoms with van der Waals surface area (Å²) in [7, 11) is 0. The number of hydrogen-bond donors (Lipinski definition) is 3. The van der Waals surface area contributed by atoms with Crippen molar-refractivity contribution >= 4 is 23.7 Å². The second kappa shape index (κ2) is 14.4. The van der Waals surface area contributed by atoms with Gasteiger partial charge in [0, 0.05) is 16.8 Å². The minimum atomic E-state index is -1.62. The Morgan fingerprint density at radius 1 is 0.778 bits per heavy atom. The van der Waals surface area contributed by atoms with Gasteiger partial charge in [-0.1, -0.05) is 62.1 Å². The number of hydrogen-bond acceptors (Lipinski definition) is 5. The summed E-state index contributed by atoms with van der Waals surface area (Å²) in [6.45, 7) is 0. The zero-order valence-electron chi connectivity index (χ0n) is 20.3. The van der Waals surface area contributed by atoms with Crippen LogP contribution in [0.25, 0.3) is 0 Å². The highest BCUT2D eigenvalue weighted by molar-refractivity contribution is 7.99. The zero-order valence-corrected chi connectivity index (χ0v) is 21.1. The molecule has 2 atom stereocenters. The zero-order chi connectivity index (χ0) is 25.8. The highest BCUT2D eigenvalue weighted by Crippen LogP contribution is 2.39. The lowest BCUT2D eigenvalue weighted by Gasteiger charge is -2.22. The van der Waals surface area contributed by atoms with Crippen LogP contribution in [0, 0.1) is 0 Å². The average Bonchev–Trinajstić information content (AvgIpc) is 2.89. The van der Waals surface area contributed by atoms with Crippen LogP contribution in [0.15, 0.2) is 77.8 Å². The third-order valence-electron chi connectivity index (χ3n) is 6.11. The molecule has 1 heterocycles. The standard InChI is InChI=1S/C29H33NO5S/c31-26(29(34)35)27(36-23-18-16-22(17-19-23)28(32)33)24-14-10-20-30-25(24)15-9-4-2-1-3-6-11-21-12-7-5-8-13-21/h5,7-8,10,12-14,16-20,26-27,31H,1-4,6,9,11,15H2,(H,32,33)(H,34,35). The minimum absolute atomic E-state index is 0.150. The Kier molecular flexibility index (Phi) is 11.0. The Morgan fingerprint density at radius 3 is 2.06 bits per heavy atom. The van der Waals surface area contributed by atoms with E-state index in [1.807, 2.05) is 12.1 Å². The summed E-state index contributed by atoms with van der Waals surface area (Å²) >= 11 is 1.20. The summed E-state index contributed by atoms with van der Waals surface area (Å²) < 4.78 is 0. The quantitative estimate of drug-likeness (QED) is 0.166. The van der Waals surface area contributed by atoms with Crippen molar-refractivity contribution < 1.29 is 24.9 Å². The van der Waals surface area contributed by atoms with Gasteiger partial charge in [0.2, 0.25) is 0 Å². The number of pyridine rings is 1. The molecule has 0 bridgehead atoms. The smallest absolute Gasteiger partial charge is 0.335 e. The van der Waals surface area contributed by atoms with Crippen molar-refractivity contribution in [2.75, 3.05) is 0 Å². The van der Waals surface area contributed by atoms with Gasteiger partial charge in [-0.3, -0.25) is 4.98 Å². The maximum atomic E-state index is 11.7. The van der Waals surface area contributed by atoms with Crippen LogP contribution < -0.4 is 0 Å². The number of aromatic carboxylic acids is 1. The van der Waals surface area contributed by atoms with Gasteiger partial charge in [-0.15, -0.1) is 11.8 Å². The first-order valence-electron chi connectivity index (χ1n) is 12.3. The fraction of sp³-hybridized carbons (Fsp3) is 0.345. The molecule has 0 aliphatic rings. The van der Waals surface area contributed by atoms with Gasteiger partial charge in [-0.05, 0) is 67.1 Å². The number of aryl methyl sites for hydroxylation is 2. The van der Waals surface area contributed by atoms with Crippen LogP contribution in [-0.2, 0) is 17.6 Å². The minimum Gasteiger partial charge on any atom is -0.479 e. The van der Waals surface area contributed by atoms with E-state index >= 15 is 0 Å². The summed E-state index contributed by atoms with van der Waals surface area (Å²) in [5, 5.41) is 28.4. The molecule has 0 saturated carbocycles. The van der Waals surface area contributed by atoms with E-state index in [-0.39, 0.29) is 5.56 Å². The number of nitrogens with zero attached hydrogens (tertiary/aromatic N) is 1. The first-order chi connectivity index (χ1) is 17.5. The first-order valence-corrected chi connectivity index (χ1v) is 13.2. The van der Waals surface area contributed by atoms with Crippen LogP contribution >= 0.6 is 11.8 Å². The lowest BCUT2D eigenvalue weighted by Crippen LogP contribution is -2.26. The van der Waals surface area contributed by atoms with Crippen LogP contribution in [0.1, 0.15) is 71.0 Å². The van der Waals surface area contributed by atoms with Gasteiger partial charge in [-0.2, -0.15) is 0 Å². The number of rotatable bonds is 15. The molecule has 2 aromatic carbocycles. The van der Waals surface area contributed by atoms with Crippen molar-refractivity contribution in [1.29, 1.82) is 0 Å². The number of aliphatic carboxylic acids is 1. The highest BCUT2D eigenvalue weighted by atomic mass is 32.2. The Balaban J connectivity index is 1.55. The van der Waals surface area contributed by atoms with Crippen molar-refractivity contribution in [2.45, 2.75) is 67.6 Å². The lowest BCUT2D eigenvalue weighted by atomic mass is 10.0. The van der Waals surface area contributed by atoms with E-state index in [9.17, 15) is 19.8 Å². The molecule has 7 heteroatoms. The number of aliphatic hydroxyl groups is 1. The van der Waals surface area contributed by atoms with Crippen molar-refractivity contribution in [1.82, 2.24) is 4.98 Å². The molecule has 3 rings (SSSR count). The molecule has 0 aliphatic carbocycles. The predicted molar refractivity (Wildman–Crippen MR) is 141 cm³/mol. The molecule has 190 valence electrons. The lowest BCUT2D eigenvalue weighted by molar-refractivity contribution is -0.146. The fourth-order valence-electron chi connectivity index (χ4n) is 4.14. The molecule has 1 aromatic heterocycles. The van der Waals surface area contributed by atoms with E-state index in [1.165, 1.54) is 48.7 Å². The second-order valence-corrected chi connectivity index (χ2v) is 10.0. The maximum absolute atomic E-state index is 11.7. The summed E-state index contributed by atoms with van der Waals surface area (Å²) in [4.78, 5) is 28.0. The third-order valence-corrected chi connectivity index (χ3v) is 7.42. The van der Waals surface area contributed by atoms with Gasteiger partial charge in [0.05, 0.1) is 10.8 Å². The number of aliphatic hydroxyl groups excluding tert-OH is 1. The van der Waals surface area contributed by atoms with E-state index in [1.54, 1.807) is 24.4 Å². The molecule has 2 unspecified atom stereocenters. The van der Waals surface area contributed by atoms with Crippen LogP contribution in [0.2, 0.25) is 0 Å². The Labute approximate surface area is 216 Å². The van der Waals surface area contributed by atoms with Gasteiger partial charge < -0.3 is 15.3 Å². The van der Waals surface area contributed by atoms with Crippen molar-refractivity contribution in [3.05, 3.63) is 95.3 Å². The van der Waals surface area contributed by atoms with E-state index in [0.717, 1.165) is 31.4 Å². The average molecular weight is 508 g/mol. The Bertz CT molecular complexity index is 1100. The topological polar surface area (TPSA) is 108 Å². The van der Waals surface area contributed by atoms with Gasteiger partial charge in [0.15, 0.2) is 6.10 Å². The molecule has 0 spiro atoms. The number of aromatic nitrogens is 1. The SMILES string of the molecule is O=C(O)c1ccc(SC(c2cccnc2CCCCCCCCc2ccccc2)C(O)C(=O)O)cc1. The molecular weight excluding hydrogens is 474 g/mol. The third kappa shape index (κ3) is 8.50. The molecule has 6 nitrogen and oxygen atoms in total. The largest absolute Gasteiger partial charge is 0.479 e. The van der Waals surface area contributed by atoms with Gasteiger partial charge in [0.1, 0.15) is 0 Å². The first kappa shape index (κ1) is 27.4. The molecule has 36 heavy (non-hydrogen) atoms. The number of carbonyl (C=O) groups is 2. The van der Waals surface area contributed by atoms with Crippen LogP contribution in [0.4, 0.5) is 0 Å². The molecule has 3 aromatic rings. The number of benzene rings is 2. The van der Waals surface area contributed by atoms with Crippen molar-refractivity contribution in [3.8, 4) is 0 Å². The highest BCUT2D eigenvalue weighted by Gasteiger charge is 2.30. The van der Waals surface area contributed by atoms with Gasteiger partial charge in [-0.25, -0.2) is 9.59 Å². The van der Waals surface area contributed by atoms with Crippen molar-refractivity contribution in [3.63, 3.8) is 0 Å². The molecule has 0 fully saturated rings. The van der Waals surface area contributed by atoms with E-state index in [4.69, 9.17) is 5.11 Å². The van der Waals surface area contributed by atoms with Crippen LogP contribution in [0.3, 0.4) is 0 Å². The molecule has 0 saturated heterocycles. The summed E-state index contributed by atoms with van der Waals surface area (Å²) in [5.74, 6) is -2.33. The summed E-state index contributed by atoms with van der Waals surface area (Å²) in [5.41, 5.74) is 3.02. The monoisotopic (exact) mass is 507 g/mol. The molecule has 0 aliphatic heterocycles. The van der Waals surface area contributed by atoms with E-state index < -0.39 is 23.3 Å². The van der Waals surface area contributed by atoms with Gasteiger partial charge in [0.25, 0.3) is 0 Å². The van der Waals surface area contributed by atoms with E-state index in [2.05, 4.69) is 29.2 Å². The number of thioether (sulfide) groups is 1.